The third kappa shape index (κ3) is 6.45. The molecule has 0 bridgehead atoms. The van der Waals surface area contributed by atoms with E-state index in [4.69, 9.17) is 20.4 Å². The molecule has 162 valence electrons. The van der Waals surface area contributed by atoms with E-state index in [1.54, 1.807) is 12.1 Å². The van der Waals surface area contributed by atoms with E-state index in [-0.39, 0.29) is 24.9 Å². The zero-order valence-corrected chi connectivity index (χ0v) is 17.6. The SMILES string of the molecule is C/C(=N\OCc1ccc(F)cc1)c1ccc([C@@H]2CC[C@](N)(COP(=O)(O)O)C2)cc1. The molecule has 9 heteroatoms. The minimum Gasteiger partial charge on any atom is -0.391 e. The molecule has 0 unspecified atom stereocenters. The summed E-state index contributed by atoms with van der Waals surface area (Å²) in [5.74, 6) is -0.0848. The van der Waals surface area contributed by atoms with Gasteiger partial charge in [0.15, 0.2) is 0 Å². The summed E-state index contributed by atoms with van der Waals surface area (Å²) >= 11 is 0. The minimum atomic E-state index is -4.52. The third-order valence-corrected chi connectivity index (χ3v) is 5.78. The first-order chi connectivity index (χ1) is 14.1. The lowest BCUT2D eigenvalue weighted by Gasteiger charge is -2.24. The Labute approximate surface area is 174 Å². The molecule has 0 aromatic heterocycles. The van der Waals surface area contributed by atoms with E-state index in [0.717, 1.165) is 28.8 Å². The molecular formula is C21H26FN2O5P. The van der Waals surface area contributed by atoms with Crippen LogP contribution in [-0.2, 0) is 20.5 Å². The summed E-state index contributed by atoms with van der Waals surface area (Å²) < 4.78 is 28.5. The van der Waals surface area contributed by atoms with E-state index in [9.17, 15) is 8.96 Å². The molecule has 3 rings (SSSR count). The van der Waals surface area contributed by atoms with E-state index in [2.05, 4.69) is 9.68 Å². The predicted molar refractivity (Wildman–Crippen MR) is 111 cm³/mol. The number of halogens is 1. The number of nitrogens with zero attached hydrogens (tertiary/aromatic N) is 1. The van der Waals surface area contributed by atoms with Gasteiger partial charge in [-0.3, -0.25) is 4.52 Å². The highest BCUT2D eigenvalue weighted by atomic mass is 31.2. The molecular weight excluding hydrogens is 410 g/mol. The largest absolute Gasteiger partial charge is 0.469 e. The molecule has 0 spiro atoms. The van der Waals surface area contributed by atoms with Crippen LogP contribution in [0.25, 0.3) is 0 Å². The molecule has 1 aliphatic carbocycles. The Morgan fingerprint density at radius 3 is 2.53 bits per heavy atom. The monoisotopic (exact) mass is 436 g/mol. The van der Waals surface area contributed by atoms with Crippen LogP contribution in [0.1, 0.15) is 48.8 Å². The first-order valence-electron chi connectivity index (χ1n) is 9.64. The molecule has 2 atom stereocenters. The van der Waals surface area contributed by atoms with E-state index in [1.165, 1.54) is 12.1 Å². The molecule has 1 fully saturated rings. The fourth-order valence-electron chi connectivity index (χ4n) is 3.62. The van der Waals surface area contributed by atoms with Gasteiger partial charge in [0.1, 0.15) is 12.4 Å². The second-order valence-electron chi connectivity index (χ2n) is 7.76. The van der Waals surface area contributed by atoms with Crippen LogP contribution >= 0.6 is 7.82 Å². The maximum atomic E-state index is 12.9. The van der Waals surface area contributed by atoms with Crippen molar-refractivity contribution in [3.63, 3.8) is 0 Å². The van der Waals surface area contributed by atoms with Crippen molar-refractivity contribution in [1.29, 1.82) is 0 Å². The summed E-state index contributed by atoms with van der Waals surface area (Å²) in [6, 6.07) is 14.0. The summed E-state index contributed by atoms with van der Waals surface area (Å²) in [6.07, 6.45) is 2.06. The lowest BCUT2D eigenvalue weighted by Crippen LogP contribution is -2.41. The van der Waals surface area contributed by atoms with Crippen molar-refractivity contribution in [3.05, 3.63) is 71.0 Å². The van der Waals surface area contributed by atoms with Gasteiger partial charge in [0.2, 0.25) is 0 Å². The number of oxime groups is 1. The zero-order valence-electron chi connectivity index (χ0n) is 16.7. The fourth-order valence-corrected chi connectivity index (χ4v) is 4.04. The molecule has 4 N–H and O–H groups in total. The summed E-state index contributed by atoms with van der Waals surface area (Å²) in [6.45, 7) is 1.94. The van der Waals surface area contributed by atoms with Crippen molar-refractivity contribution >= 4 is 13.5 Å². The Morgan fingerprint density at radius 2 is 1.90 bits per heavy atom. The summed E-state index contributed by atoms with van der Waals surface area (Å²) in [4.78, 5) is 23.1. The number of hydrogen-bond donors (Lipinski definition) is 3. The minimum absolute atomic E-state index is 0.164. The van der Waals surface area contributed by atoms with Gasteiger partial charge in [-0.25, -0.2) is 8.96 Å². The van der Waals surface area contributed by atoms with Gasteiger partial charge in [0.05, 0.1) is 12.3 Å². The van der Waals surface area contributed by atoms with Crippen LogP contribution in [0.5, 0.6) is 0 Å². The standard InChI is InChI=1S/C21H26FN2O5P/c1-15(24-28-13-16-2-8-20(22)9-3-16)17-4-6-18(7-5-17)19-10-11-21(23,12-19)14-29-30(25,26)27/h2-9,19H,10-14,23H2,1H3,(H2,25,26,27)/b24-15+/t19-,21-/m1/s1. The maximum absolute atomic E-state index is 12.9. The van der Waals surface area contributed by atoms with E-state index < -0.39 is 13.4 Å². The number of hydrogen-bond acceptors (Lipinski definition) is 5. The first kappa shape index (κ1) is 22.6. The van der Waals surface area contributed by atoms with Crippen LogP contribution in [0.15, 0.2) is 53.7 Å². The highest BCUT2D eigenvalue weighted by molar-refractivity contribution is 7.46. The van der Waals surface area contributed by atoms with E-state index in [1.807, 2.05) is 31.2 Å². The second kappa shape index (κ2) is 9.37. The van der Waals surface area contributed by atoms with Crippen LogP contribution < -0.4 is 5.73 Å². The molecule has 0 radical (unpaired) electrons. The molecule has 2 aromatic carbocycles. The molecule has 0 heterocycles. The van der Waals surface area contributed by atoms with Crippen LogP contribution in [-0.4, -0.2) is 27.6 Å². The molecule has 0 amide bonds. The molecule has 7 nitrogen and oxygen atoms in total. The number of phosphoric ester groups is 1. The van der Waals surface area contributed by atoms with Crippen molar-refractivity contribution in [2.75, 3.05) is 6.61 Å². The van der Waals surface area contributed by atoms with Gasteiger partial charge in [-0.05, 0) is 60.9 Å². The molecule has 0 saturated heterocycles. The molecule has 30 heavy (non-hydrogen) atoms. The lowest BCUT2D eigenvalue weighted by molar-refractivity contribution is 0.130. The van der Waals surface area contributed by atoms with Gasteiger partial charge in [-0.2, -0.15) is 0 Å². The summed E-state index contributed by atoms with van der Waals surface area (Å²) in [5.41, 5.74) is 9.10. The first-order valence-corrected chi connectivity index (χ1v) is 11.2. The van der Waals surface area contributed by atoms with Crippen molar-refractivity contribution in [2.24, 2.45) is 10.9 Å². The van der Waals surface area contributed by atoms with Crippen LogP contribution in [0.3, 0.4) is 0 Å². The summed E-state index contributed by atoms with van der Waals surface area (Å²) in [7, 11) is -4.52. The number of phosphoric acid groups is 1. The Bertz CT molecular complexity index is 929. The number of rotatable bonds is 8. The van der Waals surface area contributed by atoms with Crippen LogP contribution in [0, 0.1) is 5.82 Å². The topological polar surface area (TPSA) is 114 Å². The molecule has 1 aliphatic rings. The van der Waals surface area contributed by atoms with Gasteiger partial charge in [-0.1, -0.05) is 41.6 Å². The van der Waals surface area contributed by atoms with E-state index >= 15 is 0 Å². The Hall–Kier alpha value is -2.09. The molecule has 0 aliphatic heterocycles. The average Bonchev–Trinajstić information content (AvgIpc) is 3.10. The Morgan fingerprint density at radius 1 is 1.23 bits per heavy atom. The van der Waals surface area contributed by atoms with Gasteiger partial charge < -0.3 is 20.4 Å². The van der Waals surface area contributed by atoms with Crippen molar-refractivity contribution in [3.8, 4) is 0 Å². The second-order valence-corrected chi connectivity index (χ2v) is 9.00. The van der Waals surface area contributed by atoms with Gasteiger partial charge in [0, 0.05) is 5.54 Å². The number of benzene rings is 2. The fraction of sp³-hybridized carbons (Fsp3) is 0.381. The molecule has 1 saturated carbocycles. The van der Waals surface area contributed by atoms with Crippen molar-refractivity contribution in [2.45, 2.75) is 44.2 Å². The smallest absolute Gasteiger partial charge is 0.391 e. The van der Waals surface area contributed by atoms with Gasteiger partial charge in [0.25, 0.3) is 0 Å². The Kier molecular flexibility index (Phi) is 7.06. The quantitative estimate of drug-likeness (QED) is 0.329. The zero-order chi connectivity index (χ0) is 21.8. The third-order valence-electron chi connectivity index (χ3n) is 5.31. The lowest BCUT2D eigenvalue weighted by atomic mass is 9.93. The van der Waals surface area contributed by atoms with Gasteiger partial charge >= 0.3 is 7.82 Å². The molecule has 2 aromatic rings. The maximum Gasteiger partial charge on any atom is 0.469 e. The normalized spacial score (nSPS) is 22.3. The van der Waals surface area contributed by atoms with E-state index in [0.29, 0.717) is 12.8 Å². The van der Waals surface area contributed by atoms with Crippen molar-refractivity contribution in [1.82, 2.24) is 0 Å². The van der Waals surface area contributed by atoms with Crippen LogP contribution in [0.2, 0.25) is 0 Å². The highest BCUT2D eigenvalue weighted by Crippen LogP contribution is 2.43. The number of nitrogens with two attached hydrogens (primary N) is 1. The Balaban J connectivity index is 1.55. The predicted octanol–water partition coefficient (Wildman–Crippen LogP) is 3.84. The highest BCUT2D eigenvalue weighted by Gasteiger charge is 2.38. The summed E-state index contributed by atoms with van der Waals surface area (Å²) in [5, 5.41) is 4.12. The van der Waals surface area contributed by atoms with Gasteiger partial charge in [-0.15, -0.1) is 0 Å². The van der Waals surface area contributed by atoms with Crippen molar-refractivity contribution < 1.29 is 28.1 Å². The average molecular weight is 436 g/mol. The van der Waals surface area contributed by atoms with Crippen LogP contribution in [0.4, 0.5) is 4.39 Å².